The standard InChI is InChI=1S/C22H23FN4O/c1-24-19-7-3-2-6-18(19)22(28)27-12-4-5-16(14-27)21-13-20(25-26-21)15-8-10-17(23)11-9-15/h2-3,6-11,13,16,24H,4-5,12,14H2,1H3,(H,25,26)/t16-/m0/s1. The number of likely N-dealkylation sites (tertiary alicyclic amines) is 1. The number of amides is 1. The zero-order valence-corrected chi connectivity index (χ0v) is 15.8. The lowest BCUT2D eigenvalue weighted by Gasteiger charge is -2.32. The van der Waals surface area contributed by atoms with Crippen LogP contribution < -0.4 is 5.32 Å². The lowest BCUT2D eigenvalue weighted by Crippen LogP contribution is -2.39. The number of para-hydroxylation sites is 1. The molecule has 2 heterocycles. The van der Waals surface area contributed by atoms with Crippen LogP contribution in [0.1, 0.15) is 34.8 Å². The summed E-state index contributed by atoms with van der Waals surface area (Å²) in [5.74, 6) is -0.00290. The van der Waals surface area contributed by atoms with Crippen molar-refractivity contribution in [2.75, 3.05) is 25.5 Å². The minimum Gasteiger partial charge on any atom is -0.387 e. The first-order chi connectivity index (χ1) is 13.7. The third kappa shape index (κ3) is 3.63. The van der Waals surface area contributed by atoms with E-state index in [1.54, 1.807) is 12.1 Å². The molecule has 144 valence electrons. The third-order valence-electron chi connectivity index (χ3n) is 5.31. The van der Waals surface area contributed by atoms with Gasteiger partial charge in [-0.05, 0) is 55.3 Å². The molecule has 0 spiro atoms. The van der Waals surface area contributed by atoms with E-state index in [-0.39, 0.29) is 17.6 Å². The summed E-state index contributed by atoms with van der Waals surface area (Å²) in [5.41, 5.74) is 4.21. The fourth-order valence-electron chi connectivity index (χ4n) is 3.79. The summed E-state index contributed by atoms with van der Waals surface area (Å²) in [6, 6.07) is 15.9. The van der Waals surface area contributed by atoms with Crippen molar-refractivity contribution in [2.45, 2.75) is 18.8 Å². The third-order valence-corrected chi connectivity index (χ3v) is 5.31. The molecule has 0 bridgehead atoms. The average molecular weight is 378 g/mol. The number of carbonyl (C=O) groups excluding carboxylic acids is 1. The largest absolute Gasteiger partial charge is 0.387 e. The highest BCUT2D eigenvalue weighted by molar-refractivity contribution is 5.99. The predicted octanol–water partition coefficient (Wildman–Crippen LogP) is 4.28. The van der Waals surface area contributed by atoms with Crippen molar-refractivity contribution in [3.05, 3.63) is 71.7 Å². The fourth-order valence-corrected chi connectivity index (χ4v) is 3.79. The Morgan fingerprint density at radius 2 is 2.00 bits per heavy atom. The van der Waals surface area contributed by atoms with Gasteiger partial charge in [0, 0.05) is 43.0 Å². The first-order valence-corrected chi connectivity index (χ1v) is 9.53. The summed E-state index contributed by atoms with van der Waals surface area (Å²) in [4.78, 5) is 15.0. The summed E-state index contributed by atoms with van der Waals surface area (Å²) in [7, 11) is 1.83. The molecule has 0 saturated carbocycles. The Morgan fingerprint density at radius 3 is 2.79 bits per heavy atom. The van der Waals surface area contributed by atoms with Crippen LogP contribution in [0.3, 0.4) is 0 Å². The minimum absolute atomic E-state index is 0.0490. The van der Waals surface area contributed by atoms with E-state index in [0.29, 0.717) is 12.1 Å². The van der Waals surface area contributed by atoms with Crippen molar-refractivity contribution >= 4 is 11.6 Å². The number of H-pyrrole nitrogens is 1. The second kappa shape index (κ2) is 7.84. The summed E-state index contributed by atoms with van der Waals surface area (Å²) in [6.07, 6.45) is 1.95. The molecule has 1 aliphatic rings. The Labute approximate surface area is 163 Å². The SMILES string of the molecule is CNc1ccccc1C(=O)N1CCC[C@H](c2cc(-c3ccc(F)cc3)n[nH]2)C1. The molecule has 1 atom stereocenters. The van der Waals surface area contributed by atoms with Gasteiger partial charge in [0.05, 0.1) is 11.3 Å². The monoisotopic (exact) mass is 378 g/mol. The summed E-state index contributed by atoms with van der Waals surface area (Å²) in [5, 5.41) is 10.6. The van der Waals surface area contributed by atoms with Gasteiger partial charge in [0.15, 0.2) is 0 Å². The van der Waals surface area contributed by atoms with Gasteiger partial charge in [0.1, 0.15) is 5.82 Å². The summed E-state index contributed by atoms with van der Waals surface area (Å²) in [6.45, 7) is 1.41. The maximum atomic E-state index is 13.1. The number of hydrogen-bond donors (Lipinski definition) is 2. The highest BCUT2D eigenvalue weighted by Crippen LogP contribution is 2.30. The van der Waals surface area contributed by atoms with E-state index >= 15 is 0 Å². The van der Waals surface area contributed by atoms with Gasteiger partial charge >= 0.3 is 0 Å². The van der Waals surface area contributed by atoms with E-state index in [0.717, 1.165) is 42.0 Å². The molecule has 1 aromatic heterocycles. The Balaban J connectivity index is 1.51. The molecule has 28 heavy (non-hydrogen) atoms. The van der Waals surface area contributed by atoms with Crippen LogP contribution in [0, 0.1) is 5.82 Å². The number of nitrogens with one attached hydrogen (secondary N) is 2. The van der Waals surface area contributed by atoms with Gasteiger partial charge < -0.3 is 10.2 Å². The summed E-state index contributed by atoms with van der Waals surface area (Å²) >= 11 is 0. The smallest absolute Gasteiger partial charge is 0.255 e. The van der Waals surface area contributed by atoms with Crippen molar-refractivity contribution < 1.29 is 9.18 Å². The molecule has 1 fully saturated rings. The van der Waals surface area contributed by atoms with E-state index in [4.69, 9.17) is 0 Å². The summed E-state index contributed by atoms with van der Waals surface area (Å²) < 4.78 is 13.1. The zero-order valence-electron chi connectivity index (χ0n) is 15.8. The molecular formula is C22H23FN4O. The molecule has 1 aliphatic heterocycles. The number of halogens is 1. The molecular weight excluding hydrogens is 355 g/mol. The molecule has 4 rings (SSSR count). The Morgan fingerprint density at radius 1 is 1.21 bits per heavy atom. The van der Waals surface area contributed by atoms with E-state index in [1.807, 2.05) is 42.3 Å². The van der Waals surface area contributed by atoms with Gasteiger partial charge in [0.25, 0.3) is 5.91 Å². The second-order valence-corrected chi connectivity index (χ2v) is 7.10. The molecule has 5 nitrogen and oxygen atoms in total. The highest BCUT2D eigenvalue weighted by atomic mass is 19.1. The van der Waals surface area contributed by atoms with E-state index in [2.05, 4.69) is 15.5 Å². The van der Waals surface area contributed by atoms with Crippen molar-refractivity contribution in [1.82, 2.24) is 15.1 Å². The zero-order chi connectivity index (χ0) is 19.5. The fraction of sp³-hybridized carbons (Fsp3) is 0.273. The molecule has 1 saturated heterocycles. The van der Waals surface area contributed by atoms with Crippen LogP contribution in [-0.4, -0.2) is 41.1 Å². The van der Waals surface area contributed by atoms with Crippen LogP contribution in [0.15, 0.2) is 54.6 Å². The molecule has 2 N–H and O–H groups in total. The number of nitrogens with zero attached hydrogens (tertiary/aromatic N) is 2. The van der Waals surface area contributed by atoms with Crippen molar-refractivity contribution in [3.8, 4) is 11.3 Å². The maximum absolute atomic E-state index is 13.1. The quantitative estimate of drug-likeness (QED) is 0.712. The number of aromatic nitrogens is 2. The Kier molecular flexibility index (Phi) is 5.10. The van der Waals surface area contributed by atoms with Gasteiger partial charge in [-0.1, -0.05) is 12.1 Å². The van der Waals surface area contributed by atoms with Crippen LogP contribution >= 0.6 is 0 Å². The molecule has 0 aliphatic carbocycles. The van der Waals surface area contributed by atoms with Gasteiger partial charge in [0.2, 0.25) is 0 Å². The van der Waals surface area contributed by atoms with E-state index < -0.39 is 0 Å². The molecule has 1 amide bonds. The van der Waals surface area contributed by atoms with Crippen molar-refractivity contribution in [1.29, 1.82) is 0 Å². The molecule has 0 unspecified atom stereocenters. The van der Waals surface area contributed by atoms with Crippen LogP contribution in [0.4, 0.5) is 10.1 Å². The Bertz CT molecular complexity index is 967. The highest BCUT2D eigenvalue weighted by Gasteiger charge is 2.27. The van der Waals surface area contributed by atoms with Crippen LogP contribution in [-0.2, 0) is 0 Å². The van der Waals surface area contributed by atoms with Crippen molar-refractivity contribution in [3.63, 3.8) is 0 Å². The van der Waals surface area contributed by atoms with Crippen LogP contribution in [0.2, 0.25) is 0 Å². The normalized spacial score (nSPS) is 16.8. The molecule has 2 aromatic carbocycles. The number of carbonyl (C=O) groups is 1. The number of benzene rings is 2. The predicted molar refractivity (Wildman–Crippen MR) is 108 cm³/mol. The molecule has 6 heteroatoms. The minimum atomic E-state index is -0.261. The van der Waals surface area contributed by atoms with Crippen molar-refractivity contribution in [2.24, 2.45) is 0 Å². The van der Waals surface area contributed by atoms with Crippen LogP contribution in [0.25, 0.3) is 11.3 Å². The average Bonchev–Trinajstić information content (AvgIpc) is 3.24. The second-order valence-electron chi connectivity index (χ2n) is 7.10. The van der Waals surface area contributed by atoms with Gasteiger partial charge in [-0.15, -0.1) is 0 Å². The van der Waals surface area contributed by atoms with Gasteiger partial charge in [-0.25, -0.2) is 4.39 Å². The van der Waals surface area contributed by atoms with E-state index in [9.17, 15) is 9.18 Å². The van der Waals surface area contributed by atoms with Gasteiger partial charge in [-0.3, -0.25) is 9.89 Å². The lowest BCUT2D eigenvalue weighted by atomic mass is 9.93. The molecule has 0 radical (unpaired) electrons. The number of rotatable bonds is 4. The lowest BCUT2D eigenvalue weighted by molar-refractivity contribution is 0.0707. The number of anilines is 1. The first kappa shape index (κ1) is 18.2. The first-order valence-electron chi connectivity index (χ1n) is 9.53. The Hall–Kier alpha value is -3.15. The van der Waals surface area contributed by atoms with E-state index in [1.165, 1.54) is 12.1 Å². The number of aromatic amines is 1. The van der Waals surface area contributed by atoms with Gasteiger partial charge in [-0.2, -0.15) is 5.10 Å². The topological polar surface area (TPSA) is 61.0 Å². The number of hydrogen-bond acceptors (Lipinski definition) is 3. The molecule has 3 aromatic rings. The maximum Gasteiger partial charge on any atom is 0.255 e. The number of piperidine rings is 1. The van der Waals surface area contributed by atoms with Crippen LogP contribution in [0.5, 0.6) is 0 Å².